The predicted octanol–water partition coefficient (Wildman–Crippen LogP) is 1.55. The predicted molar refractivity (Wildman–Crippen MR) is 100 cm³/mol. The van der Waals surface area contributed by atoms with E-state index in [0.717, 1.165) is 34.6 Å². The van der Waals surface area contributed by atoms with Crippen LogP contribution in [-0.2, 0) is 32.0 Å². The summed E-state index contributed by atoms with van der Waals surface area (Å²) in [5, 5.41) is 2.96. The Bertz CT molecular complexity index is 862. The molecule has 2 aliphatic rings. The van der Waals surface area contributed by atoms with Crippen molar-refractivity contribution in [2.75, 3.05) is 25.0 Å². The number of urea groups is 1. The number of nitrogens with zero attached hydrogens (tertiary/aromatic N) is 2. The maximum absolute atomic E-state index is 12.5. The van der Waals surface area contributed by atoms with Crippen molar-refractivity contribution < 1.29 is 28.7 Å². The van der Waals surface area contributed by atoms with E-state index >= 15 is 0 Å². The van der Waals surface area contributed by atoms with Gasteiger partial charge in [-0.05, 0) is 38.2 Å². The molecule has 0 radical (unpaired) electrons. The lowest BCUT2D eigenvalue weighted by atomic mass is 10.1. The first kappa shape index (κ1) is 20.0. The highest BCUT2D eigenvalue weighted by atomic mass is 32.1. The number of ether oxygens (including phenoxy) is 1. The van der Waals surface area contributed by atoms with Gasteiger partial charge in [0.1, 0.15) is 11.5 Å². The minimum absolute atomic E-state index is 0.117. The third-order valence-electron chi connectivity index (χ3n) is 4.54. The lowest BCUT2D eigenvalue weighted by Gasteiger charge is -2.14. The molecule has 0 bridgehead atoms. The summed E-state index contributed by atoms with van der Waals surface area (Å²) in [6, 6.07) is -0.800. The summed E-state index contributed by atoms with van der Waals surface area (Å²) in [6.07, 6.45) is 3.01. The molecule has 1 fully saturated rings. The molecule has 2 heterocycles. The van der Waals surface area contributed by atoms with Gasteiger partial charge in [-0.2, -0.15) is 0 Å². The first-order valence-corrected chi connectivity index (χ1v) is 9.99. The Morgan fingerprint density at radius 3 is 2.50 bits per heavy atom. The summed E-state index contributed by atoms with van der Waals surface area (Å²) in [5.41, 5.74) is 1.23. The van der Waals surface area contributed by atoms with Gasteiger partial charge in [0.15, 0.2) is 0 Å². The van der Waals surface area contributed by atoms with Gasteiger partial charge < -0.3 is 10.1 Å². The molecule has 0 saturated carbocycles. The van der Waals surface area contributed by atoms with Crippen LogP contribution in [0.1, 0.15) is 47.5 Å². The van der Waals surface area contributed by atoms with Crippen molar-refractivity contribution in [1.82, 2.24) is 9.80 Å². The lowest BCUT2D eigenvalue weighted by Crippen LogP contribution is -2.39. The number of carbonyl (C=O) groups excluding carboxylic acids is 5. The molecular weight excluding hydrogens is 386 g/mol. The normalized spacial score (nSPS) is 16.0. The van der Waals surface area contributed by atoms with Crippen LogP contribution in [0.3, 0.4) is 0 Å². The summed E-state index contributed by atoms with van der Waals surface area (Å²) in [4.78, 5) is 63.4. The lowest BCUT2D eigenvalue weighted by molar-refractivity contribution is -0.143. The Hall–Kier alpha value is -2.75. The maximum atomic E-state index is 12.5. The molecule has 1 aromatic heterocycles. The molecule has 9 nitrogen and oxygen atoms in total. The highest BCUT2D eigenvalue weighted by molar-refractivity contribution is 7.17. The number of amides is 5. The number of nitrogens with one attached hydrogen (secondary N) is 1. The Morgan fingerprint density at radius 1 is 1.11 bits per heavy atom. The minimum atomic E-state index is -1.02. The van der Waals surface area contributed by atoms with Crippen LogP contribution >= 0.6 is 11.3 Å². The third-order valence-corrected chi connectivity index (χ3v) is 5.75. The molecule has 1 saturated heterocycles. The van der Waals surface area contributed by atoms with Gasteiger partial charge in [-0.3, -0.25) is 19.3 Å². The highest BCUT2D eigenvalue weighted by Gasteiger charge is 2.44. The molecule has 10 heteroatoms. The Kier molecular flexibility index (Phi) is 5.78. The van der Waals surface area contributed by atoms with Crippen LogP contribution in [0, 0.1) is 0 Å². The molecule has 0 unspecified atom stereocenters. The molecule has 3 rings (SSSR count). The van der Waals surface area contributed by atoms with Crippen molar-refractivity contribution in [1.29, 1.82) is 0 Å². The van der Waals surface area contributed by atoms with Gasteiger partial charge in [0.05, 0.1) is 12.2 Å². The molecule has 0 aromatic carbocycles. The molecule has 1 aliphatic heterocycles. The van der Waals surface area contributed by atoms with Gasteiger partial charge in [0.2, 0.25) is 5.91 Å². The summed E-state index contributed by atoms with van der Waals surface area (Å²) >= 11 is 1.30. The van der Waals surface area contributed by atoms with Gasteiger partial charge in [-0.1, -0.05) is 6.92 Å². The number of anilines is 1. The van der Waals surface area contributed by atoms with E-state index < -0.39 is 36.3 Å². The van der Waals surface area contributed by atoms with Crippen molar-refractivity contribution in [2.24, 2.45) is 0 Å². The number of hydrogen-bond acceptors (Lipinski definition) is 7. The third kappa shape index (κ3) is 3.51. The molecule has 5 amide bonds. The molecule has 0 atom stereocenters. The van der Waals surface area contributed by atoms with Crippen molar-refractivity contribution in [2.45, 2.75) is 39.5 Å². The van der Waals surface area contributed by atoms with Crippen LogP contribution in [0.4, 0.5) is 9.80 Å². The molecule has 150 valence electrons. The van der Waals surface area contributed by atoms with Crippen molar-refractivity contribution in [3.8, 4) is 0 Å². The number of rotatable bonds is 7. The summed E-state index contributed by atoms with van der Waals surface area (Å²) in [7, 11) is 0. The van der Waals surface area contributed by atoms with Crippen molar-refractivity contribution in [3.05, 3.63) is 16.0 Å². The second-order valence-corrected chi connectivity index (χ2v) is 7.57. The Labute approximate surface area is 165 Å². The van der Waals surface area contributed by atoms with E-state index in [2.05, 4.69) is 5.32 Å². The van der Waals surface area contributed by atoms with Crippen molar-refractivity contribution in [3.63, 3.8) is 0 Å². The van der Waals surface area contributed by atoms with Crippen LogP contribution in [0.15, 0.2) is 0 Å². The van der Waals surface area contributed by atoms with E-state index in [9.17, 15) is 24.0 Å². The minimum Gasteiger partial charge on any atom is -0.462 e. The Balaban J connectivity index is 1.76. The standard InChI is InChI=1S/C18H21N3O6S/c1-3-8-20-15(23)16(24)21(18(20)26)9-12(22)19-14-13(17(25)27-4-2)10-6-5-7-11(10)28-14/h3-9H2,1-2H3,(H,19,22). The van der Waals surface area contributed by atoms with E-state index in [1.54, 1.807) is 13.8 Å². The Morgan fingerprint density at radius 2 is 1.82 bits per heavy atom. The fourth-order valence-electron chi connectivity index (χ4n) is 3.33. The fourth-order valence-corrected chi connectivity index (χ4v) is 4.63. The molecule has 28 heavy (non-hydrogen) atoms. The average Bonchev–Trinajstić information content (AvgIpc) is 3.27. The molecule has 1 N–H and O–H groups in total. The zero-order valence-electron chi connectivity index (χ0n) is 15.7. The average molecular weight is 407 g/mol. The van der Waals surface area contributed by atoms with Crippen LogP contribution in [0.2, 0.25) is 0 Å². The smallest absolute Gasteiger partial charge is 0.341 e. The van der Waals surface area contributed by atoms with Gasteiger partial charge in [0.25, 0.3) is 0 Å². The monoisotopic (exact) mass is 407 g/mol. The number of aryl methyl sites for hydroxylation is 1. The number of hydrogen-bond donors (Lipinski definition) is 1. The van der Waals surface area contributed by atoms with E-state index in [4.69, 9.17) is 4.74 Å². The second-order valence-electron chi connectivity index (χ2n) is 6.46. The summed E-state index contributed by atoms with van der Waals surface area (Å²) in [6.45, 7) is 3.21. The zero-order valence-corrected chi connectivity index (χ0v) is 16.5. The van der Waals surface area contributed by atoms with Crippen LogP contribution in [0.25, 0.3) is 0 Å². The molecular formula is C18H21N3O6S. The quantitative estimate of drug-likeness (QED) is 0.417. The van der Waals surface area contributed by atoms with Gasteiger partial charge in [0, 0.05) is 11.4 Å². The number of carbonyl (C=O) groups is 5. The topological polar surface area (TPSA) is 113 Å². The first-order chi connectivity index (χ1) is 13.4. The van der Waals surface area contributed by atoms with Crippen LogP contribution in [0.5, 0.6) is 0 Å². The first-order valence-electron chi connectivity index (χ1n) is 9.17. The van der Waals surface area contributed by atoms with Gasteiger partial charge in [-0.15, -0.1) is 11.3 Å². The highest BCUT2D eigenvalue weighted by Crippen LogP contribution is 2.39. The van der Waals surface area contributed by atoms with E-state index in [1.807, 2.05) is 0 Å². The zero-order chi connectivity index (χ0) is 20.4. The fraction of sp³-hybridized carbons (Fsp3) is 0.500. The number of esters is 1. The van der Waals surface area contributed by atoms with E-state index in [-0.39, 0.29) is 13.2 Å². The summed E-state index contributed by atoms with van der Waals surface area (Å²) < 4.78 is 5.10. The molecule has 1 aliphatic carbocycles. The number of thiophene rings is 1. The van der Waals surface area contributed by atoms with Crippen LogP contribution < -0.4 is 5.32 Å². The van der Waals surface area contributed by atoms with E-state index in [0.29, 0.717) is 21.9 Å². The molecule has 0 spiro atoms. The van der Waals surface area contributed by atoms with Gasteiger partial charge >= 0.3 is 23.8 Å². The number of fused-ring (bicyclic) bond motifs is 1. The van der Waals surface area contributed by atoms with E-state index in [1.165, 1.54) is 11.3 Å². The van der Waals surface area contributed by atoms with Crippen LogP contribution in [-0.4, -0.2) is 59.2 Å². The SMILES string of the molecule is CCCN1C(=O)C(=O)N(CC(=O)Nc2sc3c(c2C(=O)OCC)CCC3)C1=O. The maximum Gasteiger partial charge on any atom is 0.341 e. The molecule has 1 aromatic rings. The second kappa shape index (κ2) is 8.09. The van der Waals surface area contributed by atoms with Gasteiger partial charge in [-0.25, -0.2) is 14.5 Å². The summed E-state index contributed by atoms with van der Waals surface area (Å²) in [5.74, 6) is -3.11. The number of imide groups is 2. The largest absolute Gasteiger partial charge is 0.462 e. The van der Waals surface area contributed by atoms with Crippen molar-refractivity contribution >= 4 is 46.1 Å².